The molecule has 0 aliphatic carbocycles. The maximum absolute atomic E-state index is 5.45. The molecule has 8 heteroatoms. The first-order valence-corrected chi connectivity index (χ1v) is 9.25. The molecule has 4 rings (SSSR count). The third-order valence-electron chi connectivity index (χ3n) is 5.09. The van der Waals surface area contributed by atoms with Crippen molar-refractivity contribution < 1.29 is 9.26 Å². The molecule has 140 valence electrons. The van der Waals surface area contributed by atoms with Crippen molar-refractivity contribution >= 4 is 11.6 Å². The molecule has 0 radical (unpaired) electrons. The van der Waals surface area contributed by atoms with Gasteiger partial charge in [0.2, 0.25) is 0 Å². The Morgan fingerprint density at radius 2 is 1.58 bits per heavy atom. The molecule has 2 fully saturated rings. The zero-order chi connectivity index (χ0) is 17.9. The van der Waals surface area contributed by atoms with Gasteiger partial charge in [0.15, 0.2) is 0 Å². The van der Waals surface area contributed by atoms with E-state index in [-0.39, 0.29) is 0 Å². The van der Waals surface area contributed by atoms with Gasteiger partial charge >= 0.3 is 0 Å². The number of hydrogen-bond donors (Lipinski definition) is 0. The first kappa shape index (κ1) is 17.2. The molecule has 2 aromatic heterocycles. The molecule has 2 saturated heterocycles. The minimum Gasteiger partial charge on any atom is -0.378 e. The van der Waals surface area contributed by atoms with Gasteiger partial charge in [0.1, 0.15) is 23.2 Å². The molecule has 0 aromatic carbocycles. The highest BCUT2D eigenvalue weighted by Gasteiger charge is 2.21. The smallest absolute Gasteiger partial charge is 0.138 e. The van der Waals surface area contributed by atoms with E-state index in [0.717, 1.165) is 82.2 Å². The van der Waals surface area contributed by atoms with Gasteiger partial charge in [0, 0.05) is 57.4 Å². The van der Waals surface area contributed by atoms with E-state index in [4.69, 9.17) is 9.26 Å². The number of ether oxygens (including phenoxy) is 1. The Morgan fingerprint density at radius 1 is 0.923 bits per heavy atom. The van der Waals surface area contributed by atoms with Crippen LogP contribution in [0.15, 0.2) is 16.8 Å². The van der Waals surface area contributed by atoms with Crippen LogP contribution in [0, 0.1) is 13.8 Å². The Bertz CT molecular complexity index is 735. The molecule has 0 atom stereocenters. The van der Waals surface area contributed by atoms with Crippen LogP contribution in [-0.4, -0.2) is 72.5 Å². The first-order chi connectivity index (χ1) is 12.7. The minimum atomic E-state index is 0.763. The van der Waals surface area contributed by atoms with Gasteiger partial charge in [-0.25, -0.2) is 9.97 Å². The standard InChI is InChI=1S/C18H26N6O2/c1-14-16(12-19-26-14)13-22-3-5-23(6-4-22)17-11-18(21-15(2)20-17)24-7-9-25-10-8-24/h11-12H,3-10,13H2,1-2H3. The van der Waals surface area contributed by atoms with E-state index in [1.54, 1.807) is 0 Å². The maximum atomic E-state index is 5.45. The molecule has 0 saturated carbocycles. The summed E-state index contributed by atoms with van der Waals surface area (Å²) in [4.78, 5) is 16.4. The van der Waals surface area contributed by atoms with Crippen LogP contribution in [0.1, 0.15) is 17.1 Å². The molecule has 0 unspecified atom stereocenters. The van der Waals surface area contributed by atoms with Gasteiger partial charge in [-0.3, -0.25) is 4.90 Å². The molecule has 0 spiro atoms. The zero-order valence-corrected chi connectivity index (χ0v) is 15.5. The molecule has 2 aromatic rings. The second-order valence-electron chi connectivity index (χ2n) is 6.90. The lowest BCUT2D eigenvalue weighted by Gasteiger charge is -2.36. The van der Waals surface area contributed by atoms with E-state index < -0.39 is 0 Å². The summed E-state index contributed by atoms with van der Waals surface area (Å²) in [6.07, 6.45) is 1.82. The highest BCUT2D eigenvalue weighted by molar-refractivity contribution is 5.51. The molecule has 8 nitrogen and oxygen atoms in total. The number of aryl methyl sites for hydroxylation is 2. The summed E-state index contributed by atoms with van der Waals surface area (Å²) in [5.41, 5.74) is 1.17. The summed E-state index contributed by atoms with van der Waals surface area (Å²) in [5.74, 6) is 3.78. The predicted octanol–water partition coefficient (Wildman–Crippen LogP) is 1.24. The summed E-state index contributed by atoms with van der Waals surface area (Å²) >= 11 is 0. The Hall–Kier alpha value is -2.19. The van der Waals surface area contributed by atoms with Gasteiger partial charge < -0.3 is 19.1 Å². The Balaban J connectivity index is 1.40. The fourth-order valence-electron chi connectivity index (χ4n) is 3.50. The van der Waals surface area contributed by atoms with Crippen LogP contribution in [0.25, 0.3) is 0 Å². The molecule has 2 aliphatic rings. The van der Waals surface area contributed by atoms with E-state index in [9.17, 15) is 0 Å². The fourth-order valence-corrected chi connectivity index (χ4v) is 3.50. The largest absolute Gasteiger partial charge is 0.378 e. The van der Waals surface area contributed by atoms with Crippen LogP contribution in [0.2, 0.25) is 0 Å². The number of rotatable bonds is 4. The highest BCUT2D eigenvalue weighted by atomic mass is 16.5. The lowest BCUT2D eigenvalue weighted by Crippen LogP contribution is -2.46. The third kappa shape index (κ3) is 3.81. The van der Waals surface area contributed by atoms with Gasteiger partial charge in [-0.05, 0) is 13.8 Å². The lowest BCUT2D eigenvalue weighted by atomic mass is 10.2. The second-order valence-corrected chi connectivity index (χ2v) is 6.90. The Kier molecular flexibility index (Phi) is 5.03. The molecule has 0 bridgehead atoms. The van der Waals surface area contributed by atoms with E-state index in [0.29, 0.717) is 0 Å². The van der Waals surface area contributed by atoms with Crippen molar-refractivity contribution in [2.75, 3.05) is 62.3 Å². The van der Waals surface area contributed by atoms with Gasteiger partial charge in [-0.2, -0.15) is 0 Å². The topological polar surface area (TPSA) is 70.8 Å². The second kappa shape index (κ2) is 7.59. The molecule has 0 amide bonds. The van der Waals surface area contributed by atoms with Crippen molar-refractivity contribution in [1.82, 2.24) is 20.0 Å². The van der Waals surface area contributed by atoms with Gasteiger partial charge in [0.05, 0.1) is 19.4 Å². The van der Waals surface area contributed by atoms with Crippen LogP contribution < -0.4 is 9.80 Å². The molecule has 4 heterocycles. The van der Waals surface area contributed by atoms with Crippen LogP contribution in [0.3, 0.4) is 0 Å². The summed E-state index contributed by atoms with van der Waals surface area (Å²) < 4.78 is 10.6. The van der Waals surface area contributed by atoms with Crippen molar-refractivity contribution in [3.8, 4) is 0 Å². The third-order valence-corrected chi connectivity index (χ3v) is 5.09. The molecular formula is C18H26N6O2. The quantitative estimate of drug-likeness (QED) is 0.809. The number of nitrogens with zero attached hydrogens (tertiary/aromatic N) is 6. The van der Waals surface area contributed by atoms with Crippen molar-refractivity contribution in [3.05, 3.63) is 29.4 Å². The Labute approximate surface area is 153 Å². The number of morpholine rings is 1. The van der Waals surface area contributed by atoms with E-state index >= 15 is 0 Å². The van der Waals surface area contributed by atoms with Crippen LogP contribution in [0.4, 0.5) is 11.6 Å². The molecular weight excluding hydrogens is 332 g/mol. The number of hydrogen-bond acceptors (Lipinski definition) is 8. The van der Waals surface area contributed by atoms with E-state index in [1.807, 2.05) is 20.0 Å². The lowest BCUT2D eigenvalue weighted by molar-refractivity contribution is 0.122. The monoisotopic (exact) mass is 358 g/mol. The highest BCUT2D eigenvalue weighted by Crippen LogP contribution is 2.22. The predicted molar refractivity (Wildman–Crippen MR) is 98.5 cm³/mol. The molecule has 0 N–H and O–H groups in total. The van der Waals surface area contributed by atoms with E-state index in [2.05, 4.69) is 35.9 Å². The fraction of sp³-hybridized carbons (Fsp3) is 0.611. The Morgan fingerprint density at radius 3 is 2.19 bits per heavy atom. The molecule has 2 aliphatic heterocycles. The number of piperazine rings is 1. The van der Waals surface area contributed by atoms with Crippen molar-refractivity contribution in [2.45, 2.75) is 20.4 Å². The molecule has 26 heavy (non-hydrogen) atoms. The van der Waals surface area contributed by atoms with Gasteiger partial charge in [0.25, 0.3) is 0 Å². The summed E-state index contributed by atoms with van der Waals surface area (Å²) in [5, 5.41) is 3.87. The van der Waals surface area contributed by atoms with Crippen LogP contribution in [0.5, 0.6) is 0 Å². The normalized spacial score (nSPS) is 19.2. The van der Waals surface area contributed by atoms with Crippen molar-refractivity contribution in [3.63, 3.8) is 0 Å². The van der Waals surface area contributed by atoms with Crippen molar-refractivity contribution in [1.29, 1.82) is 0 Å². The van der Waals surface area contributed by atoms with Gasteiger partial charge in [-0.15, -0.1) is 0 Å². The number of aromatic nitrogens is 3. The SMILES string of the molecule is Cc1nc(N2CCOCC2)cc(N2CCN(Cc3cnoc3C)CC2)n1. The van der Waals surface area contributed by atoms with Gasteiger partial charge in [-0.1, -0.05) is 5.16 Å². The summed E-state index contributed by atoms with van der Waals surface area (Å²) in [6, 6.07) is 2.12. The average molecular weight is 358 g/mol. The summed E-state index contributed by atoms with van der Waals surface area (Å²) in [7, 11) is 0. The van der Waals surface area contributed by atoms with E-state index in [1.165, 1.54) is 5.56 Å². The average Bonchev–Trinajstić information content (AvgIpc) is 3.07. The minimum absolute atomic E-state index is 0.763. The first-order valence-electron chi connectivity index (χ1n) is 9.25. The summed E-state index contributed by atoms with van der Waals surface area (Å²) in [6.45, 7) is 12.1. The number of anilines is 2. The van der Waals surface area contributed by atoms with Crippen LogP contribution >= 0.6 is 0 Å². The maximum Gasteiger partial charge on any atom is 0.138 e. The zero-order valence-electron chi connectivity index (χ0n) is 15.5. The van der Waals surface area contributed by atoms with Crippen LogP contribution in [-0.2, 0) is 11.3 Å². The van der Waals surface area contributed by atoms with Crippen molar-refractivity contribution in [2.24, 2.45) is 0 Å².